The van der Waals surface area contributed by atoms with E-state index in [-0.39, 0.29) is 11.9 Å². The van der Waals surface area contributed by atoms with Crippen LogP contribution < -0.4 is 10.6 Å². The van der Waals surface area contributed by atoms with E-state index < -0.39 is 0 Å². The molecule has 1 amide bonds. The Kier molecular flexibility index (Phi) is 4.66. The quantitative estimate of drug-likeness (QED) is 0.807. The van der Waals surface area contributed by atoms with Crippen molar-refractivity contribution < 1.29 is 4.79 Å². The third-order valence-electron chi connectivity index (χ3n) is 4.91. The molecule has 0 bridgehead atoms. The number of piperidine rings is 1. The first-order valence-corrected chi connectivity index (χ1v) is 7.64. The fourth-order valence-corrected chi connectivity index (χ4v) is 3.40. The predicted molar refractivity (Wildman–Crippen MR) is 74.4 cm³/mol. The topological polar surface area (TPSA) is 41.1 Å². The highest BCUT2D eigenvalue weighted by molar-refractivity contribution is 5.81. The normalized spacial score (nSPS) is 31.2. The fourth-order valence-electron chi connectivity index (χ4n) is 3.40. The number of hydrogen-bond acceptors (Lipinski definition) is 2. The van der Waals surface area contributed by atoms with Crippen LogP contribution in [0.25, 0.3) is 0 Å². The van der Waals surface area contributed by atoms with Gasteiger partial charge in [-0.2, -0.15) is 0 Å². The van der Waals surface area contributed by atoms with E-state index >= 15 is 0 Å². The van der Waals surface area contributed by atoms with Gasteiger partial charge in [0.2, 0.25) is 5.91 Å². The molecule has 1 saturated carbocycles. The molecule has 1 heterocycles. The Balaban J connectivity index is 1.77. The molecule has 0 aromatic rings. The average molecular weight is 252 g/mol. The Bertz CT molecular complexity index is 284. The van der Waals surface area contributed by atoms with Gasteiger partial charge in [0, 0.05) is 6.54 Å². The zero-order chi connectivity index (χ0) is 13.0. The second kappa shape index (κ2) is 6.05. The summed E-state index contributed by atoms with van der Waals surface area (Å²) >= 11 is 0. The zero-order valence-electron chi connectivity index (χ0n) is 11.9. The second-order valence-corrected chi connectivity index (χ2v) is 6.54. The molecule has 0 aromatic heterocycles. The van der Waals surface area contributed by atoms with Gasteiger partial charge in [-0.1, -0.05) is 33.1 Å². The van der Waals surface area contributed by atoms with Crippen molar-refractivity contribution in [2.75, 3.05) is 13.1 Å². The number of nitrogens with one attached hydrogen (secondary N) is 2. The number of rotatable bonds is 4. The molecular weight excluding hydrogens is 224 g/mol. The lowest BCUT2D eigenvalue weighted by Gasteiger charge is -2.30. The molecule has 1 aliphatic heterocycles. The predicted octanol–water partition coefficient (Wildman–Crippen LogP) is 2.46. The van der Waals surface area contributed by atoms with Crippen LogP contribution in [-0.4, -0.2) is 25.0 Å². The van der Waals surface area contributed by atoms with Crippen molar-refractivity contribution in [1.29, 1.82) is 0 Å². The van der Waals surface area contributed by atoms with E-state index in [1.807, 2.05) is 0 Å². The van der Waals surface area contributed by atoms with Crippen LogP contribution in [0.3, 0.4) is 0 Å². The first-order valence-electron chi connectivity index (χ1n) is 7.64. The summed E-state index contributed by atoms with van der Waals surface area (Å²) in [4.78, 5) is 12.2. The highest BCUT2D eigenvalue weighted by atomic mass is 16.2. The summed E-state index contributed by atoms with van der Waals surface area (Å²) in [5.74, 6) is 0.949. The summed E-state index contributed by atoms with van der Waals surface area (Å²) in [5, 5.41) is 6.54. The van der Waals surface area contributed by atoms with Crippen LogP contribution in [0.1, 0.15) is 58.8 Å². The van der Waals surface area contributed by atoms with Gasteiger partial charge < -0.3 is 10.6 Å². The number of amides is 1. The summed E-state index contributed by atoms with van der Waals surface area (Å²) in [6, 6.07) is 0.0497. The van der Waals surface area contributed by atoms with Crippen LogP contribution in [-0.2, 0) is 4.79 Å². The van der Waals surface area contributed by atoms with Crippen LogP contribution in [0, 0.1) is 11.3 Å². The molecule has 0 aromatic carbocycles. The molecule has 2 atom stereocenters. The summed E-state index contributed by atoms with van der Waals surface area (Å²) in [5.41, 5.74) is 0.356. The minimum Gasteiger partial charge on any atom is -0.354 e. The maximum Gasteiger partial charge on any atom is 0.237 e. The Morgan fingerprint density at radius 2 is 2.11 bits per heavy atom. The van der Waals surface area contributed by atoms with E-state index in [0.717, 1.165) is 25.4 Å². The van der Waals surface area contributed by atoms with E-state index in [2.05, 4.69) is 24.5 Å². The standard InChI is InChI=1S/C15H28N2O/c1-3-12-6-9-16-13(10-12)14(18)17-11-15(2)7-4-5-8-15/h12-13,16H,3-11H2,1-2H3,(H,17,18). The van der Waals surface area contributed by atoms with Crippen molar-refractivity contribution in [3.63, 3.8) is 0 Å². The molecule has 1 aliphatic carbocycles. The molecule has 3 nitrogen and oxygen atoms in total. The molecule has 1 saturated heterocycles. The van der Waals surface area contributed by atoms with Gasteiger partial charge in [0.25, 0.3) is 0 Å². The smallest absolute Gasteiger partial charge is 0.237 e. The molecule has 2 aliphatic rings. The third kappa shape index (κ3) is 3.47. The number of hydrogen-bond donors (Lipinski definition) is 2. The van der Waals surface area contributed by atoms with Gasteiger partial charge in [0.1, 0.15) is 0 Å². The first-order chi connectivity index (χ1) is 8.63. The van der Waals surface area contributed by atoms with Crippen LogP contribution in [0.4, 0.5) is 0 Å². The molecule has 2 rings (SSSR count). The molecule has 2 N–H and O–H groups in total. The Hall–Kier alpha value is -0.570. The Morgan fingerprint density at radius 3 is 2.78 bits per heavy atom. The van der Waals surface area contributed by atoms with Gasteiger partial charge in [0.05, 0.1) is 6.04 Å². The molecule has 104 valence electrons. The lowest BCUT2D eigenvalue weighted by molar-refractivity contribution is -0.124. The van der Waals surface area contributed by atoms with E-state index in [1.165, 1.54) is 38.5 Å². The van der Waals surface area contributed by atoms with Crippen molar-refractivity contribution in [1.82, 2.24) is 10.6 Å². The molecule has 0 spiro atoms. The summed E-state index contributed by atoms with van der Waals surface area (Å²) < 4.78 is 0. The maximum atomic E-state index is 12.2. The van der Waals surface area contributed by atoms with E-state index in [4.69, 9.17) is 0 Å². The maximum absolute atomic E-state index is 12.2. The highest BCUT2D eigenvalue weighted by Gasteiger charge is 2.31. The van der Waals surface area contributed by atoms with Crippen molar-refractivity contribution >= 4 is 5.91 Å². The molecule has 3 heteroatoms. The lowest BCUT2D eigenvalue weighted by atomic mass is 9.88. The van der Waals surface area contributed by atoms with Gasteiger partial charge in [-0.25, -0.2) is 0 Å². The van der Waals surface area contributed by atoms with Crippen LogP contribution in [0.5, 0.6) is 0 Å². The van der Waals surface area contributed by atoms with Crippen LogP contribution >= 0.6 is 0 Å². The molecule has 2 unspecified atom stereocenters. The fraction of sp³-hybridized carbons (Fsp3) is 0.933. The molecule has 2 fully saturated rings. The van der Waals surface area contributed by atoms with Gasteiger partial charge in [-0.3, -0.25) is 4.79 Å². The average Bonchev–Trinajstić information content (AvgIpc) is 2.83. The van der Waals surface area contributed by atoms with Gasteiger partial charge in [-0.05, 0) is 43.6 Å². The minimum atomic E-state index is 0.0497. The third-order valence-corrected chi connectivity index (χ3v) is 4.91. The summed E-state index contributed by atoms with van der Waals surface area (Å²) in [6.07, 6.45) is 8.62. The van der Waals surface area contributed by atoms with Crippen molar-refractivity contribution in [3.8, 4) is 0 Å². The minimum absolute atomic E-state index is 0.0497. The molecular formula is C15H28N2O. The van der Waals surface area contributed by atoms with Gasteiger partial charge >= 0.3 is 0 Å². The largest absolute Gasteiger partial charge is 0.354 e. The van der Waals surface area contributed by atoms with Crippen molar-refractivity contribution in [3.05, 3.63) is 0 Å². The molecule has 0 radical (unpaired) electrons. The van der Waals surface area contributed by atoms with Gasteiger partial charge in [0.15, 0.2) is 0 Å². The van der Waals surface area contributed by atoms with Crippen LogP contribution in [0.15, 0.2) is 0 Å². The summed E-state index contributed by atoms with van der Waals surface area (Å²) in [6.45, 7) is 6.39. The second-order valence-electron chi connectivity index (χ2n) is 6.54. The number of carbonyl (C=O) groups excluding carboxylic acids is 1. The Labute approximate surface area is 111 Å². The van der Waals surface area contributed by atoms with Crippen molar-refractivity contribution in [2.45, 2.75) is 64.8 Å². The van der Waals surface area contributed by atoms with E-state index in [1.54, 1.807) is 0 Å². The zero-order valence-corrected chi connectivity index (χ0v) is 11.9. The van der Waals surface area contributed by atoms with Crippen molar-refractivity contribution in [2.24, 2.45) is 11.3 Å². The number of carbonyl (C=O) groups is 1. The molecule has 18 heavy (non-hydrogen) atoms. The van der Waals surface area contributed by atoms with E-state index in [0.29, 0.717) is 5.41 Å². The highest BCUT2D eigenvalue weighted by Crippen LogP contribution is 2.36. The van der Waals surface area contributed by atoms with Gasteiger partial charge in [-0.15, -0.1) is 0 Å². The SMILES string of the molecule is CCC1CCNC(C(=O)NCC2(C)CCCC2)C1. The summed E-state index contributed by atoms with van der Waals surface area (Å²) in [7, 11) is 0. The monoisotopic (exact) mass is 252 g/mol. The van der Waals surface area contributed by atoms with E-state index in [9.17, 15) is 4.79 Å². The van der Waals surface area contributed by atoms with Crippen LogP contribution in [0.2, 0.25) is 0 Å². The first kappa shape index (κ1) is 13.9. The lowest BCUT2D eigenvalue weighted by Crippen LogP contribution is -2.50. The Morgan fingerprint density at radius 1 is 1.39 bits per heavy atom.